The highest BCUT2D eigenvalue weighted by Gasteiger charge is 2.49. The summed E-state index contributed by atoms with van der Waals surface area (Å²) >= 11 is 0. The van der Waals surface area contributed by atoms with E-state index in [1.165, 1.54) is 44.5 Å². The fourth-order valence-electron chi connectivity index (χ4n) is 6.86. The van der Waals surface area contributed by atoms with Gasteiger partial charge >= 0.3 is 0 Å². The van der Waals surface area contributed by atoms with Crippen LogP contribution in [0.15, 0.2) is 194 Å². The Morgan fingerprint density at radius 3 is 0.690 bits per heavy atom. The summed E-state index contributed by atoms with van der Waals surface area (Å²) in [6.45, 7) is 0. The maximum Gasteiger partial charge on any atom is 0.0641 e. The van der Waals surface area contributed by atoms with Crippen molar-refractivity contribution in [1.82, 2.24) is 0 Å². The van der Waals surface area contributed by atoms with Crippen molar-refractivity contribution >= 4 is 11.1 Å². The summed E-state index contributed by atoms with van der Waals surface area (Å²) in [5.74, 6) is 0. The zero-order valence-corrected chi connectivity index (χ0v) is 23.5. The molecule has 0 N–H and O–H groups in total. The molecular formula is C42H32. The minimum absolute atomic E-state index is 0.526. The summed E-state index contributed by atoms with van der Waals surface area (Å²) in [6.07, 6.45) is 4.96. The van der Waals surface area contributed by atoms with E-state index in [4.69, 9.17) is 0 Å². The molecule has 1 aliphatic rings. The molecule has 0 unspecified atom stereocenters. The fourth-order valence-corrected chi connectivity index (χ4v) is 6.86. The number of hydrogen-bond acceptors (Lipinski definition) is 0. The van der Waals surface area contributed by atoms with Crippen LogP contribution in [0.1, 0.15) is 33.4 Å². The van der Waals surface area contributed by atoms with Gasteiger partial charge in [0.2, 0.25) is 0 Å². The van der Waals surface area contributed by atoms with Gasteiger partial charge in [-0.05, 0) is 44.5 Å². The van der Waals surface area contributed by atoms with Crippen LogP contribution in [0, 0.1) is 0 Å². The minimum atomic E-state index is -0.526. The van der Waals surface area contributed by atoms with Crippen molar-refractivity contribution in [1.29, 1.82) is 0 Å². The molecule has 0 heteroatoms. The van der Waals surface area contributed by atoms with E-state index in [1.54, 1.807) is 0 Å². The van der Waals surface area contributed by atoms with Crippen LogP contribution in [0.4, 0.5) is 0 Å². The highest BCUT2D eigenvalue weighted by molar-refractivity contribution is 6.06. The highest BCUT2D eigenvalue weighted by Crippen LogP contribution is 2.59. The zero-order chi connectivity index (χ0) is 28.2. The number of benzene rings is 6. The summed E-state index contributed by atoms with van der Waals surface area (Å²) in [5, 5.41) is 0. The molecule has 0 saturated heterocycles. The number of allylic oxidation sites excluding steroid dienone is 4. The van der Waals surface area contributed by atoms with Crippen LogP contribution in [0.3, 0.4) is 0 Å². The maximum absolute atomic E-state index is 2.48. The van der Waals surface area contributed by atoms with Gasteiger partial charge in [-0.1, -0.05) is 194 Å². The van der Waals surface area contributed by atoms with Gasteiger partial charge in [-0.3, -0.25) is 0 Å². The van der Waals surface area contributed by atoms with Crippen molar-refractivity contribution < 1.29 is 0 Å². The van der Waals surface area contributed by atoms with Crippen molar-refractivity contribution in [3.8, 4) is 0 Å². The van der Waals surface area contributed by atoms with Gasteiger partial charge in [-0.15, -0.1) is 0 Å². The monoisotopic (exact) mass is 536 g/mol. The van der Waals surface area contributed by atoms with Crippen LogP contribution in [0.25, 0.3) is 11.1 Å². The molecule has 7 rings (SSSR count). The van der Waals surface area contributed by atoms with E-state index in [0.717, 1.165) is 0 Å². The van der Waals surface area contributed by atoms with Crippen LogP contribution in [-0.2, 0) is 10.8 Å². The predicted octanol–water partition coefficient (Wildman–Crippen LogP) is 10.1. The Morgan fingerprint density at radius 2 is 0.452 bits per heavy atom. The standard InChI is InChI=1S/C42H32/c1-7-19-33(20-8-1)39-40(34-21-9-2-10-22-34)42(37-27-15-5-16-28-37,38-29-17-6-18-30-38)32-31-41(39,35-23-11-3-12-24-35)36-25-13-4-14-26-36/h1-32H. The van der Waals surface area contributed by atoms with Crippen molar-refractivity contribution in [2.75, 3.05) is 0 Å². The molecule has 6 aromatic rings. The van der Waals surface area contributed by atoms with Gasteiger partial charge in [0, 0.05) is 0 Å². The summed E-state index contributed by atoms with van der Waals surface area (Å²) in [6, 6.07) is 65.9. The Balaban J connectivity index is 1.73. The normalized spacial score (nSPS) is 15.3. The first-order valence-electron chi connectivity index (χ1n) is 14.6. The third-order valence-electron chi connectivity index (χ3n) is 8.66. The molecule has 0 aliphatic heterocycles. The second kappa shape index (κ2) is 11.0. The van der Waals surface area contributed by atoms with Crippen LogP contribution in [0.2, 0.25) is 0 Å². The van der Waals surface area contributed by atoms with Gasteiger partial charge in [-0.25, -0.2) is 0 Å². The van der Waals surface area contributed by atoms with Crippen molar-refractivity contribution in [3.63, 3.8) is 0 Å². The van der Waals surface area contributed by atoms with Crippen LogP contribution >= 0.6 is 0 Å². The molecular weight excluding hydrogens is 504 g/mol. The number of rotatable bonds is 6. The molecule has 1 aliphatic carbocycles. The first-order valence-corrected chi connectivity index (χ1v) is 14.6. The molecule has 0 amide bonds. The Hall–Kier alpha value is -5.20. The topological polar surface area (TPSA) is 0 Å². The molecule has 0 fully saturated rings. The van der Waals surface area contributed by atoms with E-state index in [2.05, 4.69) is 194 Å². The molecule has 0 nitrogen and oxygen atoms in total. The summed E-state index contributed by atoms with van der Waals surface area (Å²) in [4.78, 5) is 0. The quantitative estimate of drug-likeness (QED) is 0.186. The second-order valence-corrected chi connectivity index (χ2v) is 10.9. The Morgan fingerprint density at radius 1 is 0.238 bits per heavy atom. The van der Waals surface area contributed by atoms with Gasteiger partial charge < -0.3 is 0 Å². The van der Waals surface area contributed by atoms with Gasteiger partial charge in [0.1, 0.15) is 0 Å². The Labute approximate surface area is 249 Å². The van der Waals surface area contributed by atoms with E-state index in [0.29, 0.717) is 0 Å². The lowest BCUT2D eigenvalue weighted by Crippen LogP contribution is -2.38. The molecule has 0 heterocycles. The molecule has 200 valence electrons. The summed E-state index contributed by atoms with van der Waals surface area (Å²) < 4.78 is 0. The lowest BCUT2D eigenvalue weighted by molar-refractivity contribution is 0.752. The third-order valence-corrected chi connectivity index (χ3v) is 8.66. The fraction of sp³-hybridized carbons (Fsp3) is 0.0476. The predicted molar refractivity (Wildman–Crippen MR) is 176 cm³/mol. The van der Waals surface area contributed by atoms with E-state index in [-0.39, 0.29) is 0 Å². The highest BCUT2D eigenvalue weighted by atomic mass is 14.5. The van der Waals surface area contributed by atoms with Crippen molar-refractivity contribution in [2.45, 2.75) is 10.8 Å². The SMILES string of the molecule is C1=CC(c2ccccc2)(c2ccccc2)C(c2ccccc2)=C(c2ccccc2)C1(c1ccccc1)c1ccccc1. The van der Waals surface area contributed by atoms with Gasteiger partial charge in [0.25, 0.3) is 0 Å². The van der Waals surface area contributed by atoms with E-state index >= 15 is 0 Å². The van der Waals surface area contributed by atoms with Crippen molar-refractivity contribution in [2.24, 2.45) is 0 Å². The minimum Gasteiger partial charge on any atom is -0.0676 e. The van der Waals surface area contributed by atoms with Crippen LogP contribution in [0.5, 0.6) is 0 Å². The molecule has 0 bridgehead atoms. The zero-order valence-electron chi connectivity index (χ0n) is 23.5. The average Bonchev–Trinajstić information content (AvgIpc) is 3.10. The van der Waals surface area contributed by atoms with E-state index in [9.17, 15) is 0 Å². The second-order valence-electron chi connectivity index (χ2n) is 10.9. The first kappa shape index (κ1) is 25.7. The summed E-state index contributed by atoms with van der Waals surface area (Å²) in [7, 11) is 0. The van der Waals surface area contributed by atoms with Gasteiger partial charge in [-0.2, -0.15) is 0 Å². The van der Waals surface area contributed by atoms with Crippen molar-refractivity contribution in [3.05, 3.63) is 228 Å². The Bertz CT molecular complexity index is 1600. The molecule has 6 aromatic carbocycles. The third kappa shape index (κ3) is 4.16. The lowest BCUT2D eigenvalue weighted by atomic mass is 9.54. The molecule has 0 atom stereocenters. The molecule has 0 spiro atoms. The smallest absolute Gasteiger partial charge is 0.0641 e. The largest absolute Gasteiger partial charge is 0.0676 e. The lowest BCUT2D eigenvalue weighted by Gasteiger charge is -2.47. The van der Waals surface area contributed by atoms with E-state index < -0.39 is 10.8 Å². The van der Waals surface area contributed by atoms with E-state index in [1.807, 2.05) is 0 Å². The molecule has 0 aromatic heterocycles. The molecule has 0 radical (unpaired) electrons. The van der Waals surface area contributed by atoms with Gasteiger partial charge in [0.15, 0.2) is 0 Å². The number of hydrogen-bond donors (Lipinski definition) is 0. The average molecular weight is 537 g/mol. The maximum atomic E-state index is 2.48. The molecule has 42 heavy (non-hydrogen) atoms. The Kier molecular flexibility index (Phi) is 6.74. The first-order chi connectivity index (χ1) is 20.8. The van der Waals surface area contributed by atoms with Crippen LogP contribution in [-0.4, -0.2) is 0 Å². The molecule has 0 saturated carbocycles. The summed E-state index contributed by atoms with van der Waals surface area (Å²) in [5.41, 5.74) is 8.94. The van der Waals surface area contributed by atoms with Gasteiger partial charge in [0.05, 0.1) is 10.8 Å². The van der Waals surface area contributed by atoms with Crippen LogP contribution < -0.4 is 0 Å².